The van der Waals surface area contributed by atoms with E-state index in [2.05, 4.69) is 10.1 Å². The van der Waals surface area contributed by atoms with Crippen LogP contribution in [0.4, 0.5) is 5.69 Å². The van der Waals surface area contributed by atoms with Crippen LogP contribution >= 0.6 is 0 Å². The molecular formula is C19H21NO6. The summed E-state index contributed by atoms with van der Waals surface area (Å²) in [5.41, 5.74) is 1.33. The van der Waals surface area contributed by atoms with E-state index < -0.39 is 0 Å². The van der Waals surface area contributed by atoms with Gasteiger partial charge in [-0.25, -0.2) is 0 Å². The van der Waals surface area contributed by atoms with Gasteiger partial charge in [-0.2, -0.15) is 0 Å². The molecule has 0 fully saturated rings. The maximum atomic E-state index is 12.1. The summed E-state index contributed by atoms with van der Waals surface area (Å²) in [5, 5.41) is 2.72. The van der Waals surface area contributed by atoms with Crippen LogP contribution in [0.25, 0.3) is 0 Å². The molecule has 26 heavy (non-hydrogen) atoms. The van der Waals surface area contributed by atoms with Crippen LogP contribution in [0, 0.1) is 0 Å². The molecule has 0 heterocycles. The Hall–Kier alpha value is -3.22. The van der Waals surface area contributed by atoms with E-state index in [1.807, 2.05) is 0 Å². The Balaban J connectivity index is 1.90. The van der Waals surface area contributed by atoms with E-state index in [-0.39, 0.29) is 24.9 Å². The molecule has 0 saturated carbocycles. The van der Waals surface area contributed by atoms with Crippen molar-refractivity contribution >= 4 is 17.6 Å². The van der Waals surface area contributed by atoms with Crippen molar-refractivity contribution in [1.29, 1.82) is 0 Å². The number of methoxy groups -OCH3 is 3. The SMILES string of the molecule is COC(=O)Cc1ccc(OCC(=O)Nc2ccc(OC)cc2OC)cc1. The highest BCUT2D eigenvalue weighted by Crippen LogP contribution is 2.28. The minimum atomic E-state index is -0.327. The van der Waals surface area contributed by atoms with E-state index in [0.717, 1.165) is 5.56 Å². The molecule has 7 nitrogen and oxygen atoms in total. The summed E-state index contributed by atoms with van der Waals surface area (Å²) in [5.74, 6) is 1.00. The number of nitrogens with one attached hydrogen (secondary N) is 1. The van der Waals surface area contributed by atoms with E-state index in [1.54, 1.807) is 49.6 Å². The molecule has 0 aromatic heterocycles. The van der Waals surface area contributed by atoms with Gasteiger partial charge in [0.25, 0.3) is 5.91 Å². The number of benzene rings is 2. The number of anilines is 1. The molecule has 0 aliphatic carbocycles. The third-order valence-corrected chi connectivity index (χ3v) is 3.55. The molecule has 0 saturated heterocycles. The number of hydrogen-bond acceptors (Lipinski definition) is 6. The third-order valence-electron chi connectivity index (χ3n) is 3.55. The molecule has 0 radical (unpaired) electrons. The van der Waals surface area contributed by atoms with Gasteiger partial charge >= 0.3 is 5.97 Å². The fraction of sp³-hybridized carbons (Fsp3) is 0.263. The minimum Gasteiger partial charge on any atom is -0.497 e. The zero-order valence-corrected chi connectivity index (χ0v) is 14.9. The number of ether oxygens (including phenoxy) is 4. The first-order chi connectivity index (χ1) is 12.5. The van der Waals surface area contributed by atoms with Crippen LogP contribution in [0.2, 0.25) is 0 Å². The largest absolute Gasteiger partial charge is 0.497 e. The third kappa shape index (κ3) is 5.41. The van der Waals surface area contributed by atoms with Crippen molar-refractivity contribution in [3.8, 4) is 17.2 Å². The van der Waals surface area contributed by atoms with Gasteiger partial charge in [0.15, 0.2) is 6.61 Å². The maximum Gasteiger partial charge on any atom is 0.309 e. The van der Waals surface area contributed by atoms with Crippen molar-refractivity contribution < 1.29 is 28.5 Å². The molecule has 2 aromatic rings. The zero-order valence-electron chi connectivity index (χ0n) is 14.9. The molecule has 0 aliphatic rings. The number of amides is 1. The van der Waals surface area contributed by atoms with Crippen molar-refractivity contribution in [3.05, 3.63) is 48.0 Å². The maximum absolute atomic E-state index is 12.1. The highest BCUT2D eigenvalue weighted by molar-refractivity contribution is 5.93. The lowest BCUT2D eigenvalue weighted by molar-refractivity contribution is -0.139. The summed E-state index contributed by atoms with van der Waals surface area (Å²) in [6.45, 7) is -0.161. The number of carbonyl (C=O) groups is 2. The highest BCUT2D eigenvalue weighted by Gasteiger charge is 2.10. The lowest BCUT2D eigenvalue weighted by Crippen LogP contribution is -2.20. The lowest BCUT2D eigenvalue weighted by atomic mass is 10.1. The standard InChI is InChI=1S/C19H21NO6/c1-23-15-8-9-16(17(11-15)24-2)20-18(21)12-26-14-6-4-13(5-7-14)10-19(22)25-3/h4-9,11H,10,12H2,1-3H3,(H,20,21). The Kier molecular flexibility index (Phi) is 6.84. The van der Waals surface area contributed by atoms with Crippen molar-refractivity contribution in [2.75, 3.05) is 33.3 Å². The van der Waals surface area contributed by atoms with Gasteiger partial charge in [0.1, 0.15) is 17.2 Å². The van der Waals surface area contributed by atoms with E-state index in [1.165, 1.54) is 14.2 Å². The zero-order chi connectivity index (χ0) is 18.9. The molecule has 7 heteroatoms. The smallest absolute Gasteiger partial charge is 0.309 e. The van der Waals surface area contributed by atoms with Gasteiger partial charge < -0.3 is 24.3 Å². The molecule has 0 spiro atoms. The summed E-state index contributed by atoms with van der Waals surface area (Å²) < 4.78 is 20.4. The Morgan fingerprint density at radius 1 is 0.923 bits per heavy atom. The lowest BCUT2D eigenvalue weighted by Gasteiger charge is -2.12. The molecule has 0 aliphatic heterocycles. The van der Waals surface area contributed by atoms with Crippen LogP contribution in [-0.2, 0) is 20.7 Å². The van der Waals surface area contributed by atoms with Crippen LogP contribution < -0.4 is 19.5 Å². The normalized spacial score (nSPS) is 9.96. The predicted molar refractivity (Wildman–Crippen MR) is 95.8 cm³/mol. The number of rotatable bonds is 8. The van der Waals surface area contributed by atoms with E-state index in [4.69, 9.17) is 14.2 Å². The summed E-state index contributed by atoms with van der Waals surface area (Å²) in [7, 11) is 4.41. The Bertz CT molecular complexity index is 757. The van der Waals surface area contributed by atoms with Gasteiger partial charge in [-0.3, -0.25) is 9.59 Å². The second-order valence-corrected chi connectivity index (χ2v) is 5.30. The molecular weight excluding hydrogens is 338 g/mol. The second kappa shape index (κ2) is 9.31. The molecule has 1 amide bonds. The number of hydrogen-bond donors (Lipinski definition) is 1. The first-order valence-electron chi connectivity index (χ1n) is 7.86. The van der Waals surface area contributed by atoms with Crippen molar-refractivity contribution in [1.82, 2.24) is 0 Å². The molecule has 0 atom stereocenters. The van der Waals surface area contributed by atoms with Gasteiger partial charge in [-0.15, -0.1) is 0 Å². The number of carbonyl (C=O) groups excluding carboxylic acids is 2. The first kappa shape index (κ1) is 19.1. The minimum absolute atomic E-state index is 0.161. The fourth-order valence-electron chi connectivity index (χ4n) is 2.18. The van der Waals surface area contributed by atoms with E-state index in [9.17, 15) is 9.59 Å². The quantitative estimate of drug-likeness (QED) is 0.729. The topological polar surface area (TPSA) is 83.1 Å². The van der Waals surface area contributed by atoms with Crippen LogP contribution in [0.15, 0.2) is 42.5 Å². The predicted octanol–water partition coefficient (Wildman–Crippen LogP) is 2.44. The van der Waals surface area contributed by atoms with Gasteiger partial charge in [0.2, 0.25) is 0 Å². The van der Waals surface area contributed by atoms with Gasteiger partial charge in [0, 0.05) is 6.07 Å². The molecule has 138 valence electrons. The first-order valence-corrected chi connectivity index (χ1v) is 7.86. The summed E-state index contributed by atoms with van der Waals surface area (Å²) in [6.07, 6.45) is 0.189. The van der Waals surface area contributed by atoms with Crippen LogP contribution in [-0.4, -0.2) is 39.8 Å². The van der Waals surface area contributed by atoms with Crippen LogP contribution in [0.5, 0.6) is 17.2 Å². The molecule has 2 rings (SSSR count). The van der Waals surface area contributed by atoms with Gasteiger partial charge in [-0.05, 0) is 29.8 Å². The average molecular weight is 359 g/mol. The van der Waals surface area contributed by atoms with Gasteiger partial charge in [-0.1, -0.05) is 12.1 Å². The Labute approximate surface area is 151 Å². The van der Waals surface area contributed by atoms with E-state index in [0.29, 0.717) is 22.9 Å². The molecule has 0 bridgehead atoms. The van der Waals surface area contributed by atoms with Crippen molar-refractivity contribution in [2.45, 2.75) is 6.42 Å². The van der Waals surface area contributed by atoms with E-state index >= 15 is 0 Å². The molecule has 2 aromatic carbocycles. The van der Waals surface area contributed by atoms with Crippen LogP contribution in [0.3, 0.4) is 0 Å². The average Bonchev–Trinajstić information content (AvgIpc) is 2.67. The molecule has 1 N–H and O–H groups in total. The second-order valence-electron chi connectivity index (χ2n) is 5.30. The highest BCUT2D eigenvalue weighted by atomic mass is 16.5. The molecule has 0 unspecified atom stereocenters. The number of esters is 1. The summed E-state index contributed by atoms with van der Waals surface area (Å²) in [6, 6.07) is 12.0. The Morgan fingerprint density at radius 2 is 1.62 bits per heavy atom. The van der Waals surface area contributed by atoms with Crippen LogP contribution in [0.1, 0.15) is 5.56 Å². The monoisotopic (exact) mass is 359 g/mol. The summed E-state index contributed by atoms with van der Waals surface area (Å²) >= 11 is 0. The Morgan fingerprint density at radius 3 is 2.23 bits per heavy atom. The fourth-order valence-corrected chi connectivity index (χ4v) is 2.18. The summed E-state index contributed by atoms with van der Waals surface area (Å²) in [4.78, 5) is 23.3. The van der Waals surface area contributed by atoms with Crippen molar-refractivity contribution in [3.63, 3.8) is 0 Å². The van der Waals surface area contributed by atoms with Gasteiger partial charge in [0.05, 0.1) is 33.4 Å². The van der Waals surface area contributed by atoms with Crippen molar-refractivity contribution in [2.24, 2.45) is 0 Å².